The van der Waals surface area contributed by atoms with E-state index in [1.54, 1.807) is 24.3 Å². The Hall–Kier alpha value is -4.32. The van der Waals surface area contributed by atoms with E-state index in [1.165, 1.54) is 60.3 Å². The van der Waals surface area contributed by atoms with E-state index in [0.717, 1.165) is 18.5 Å². The van der Waals surface area contributed by atoms with E-state index in [2.05, 4.69) is 20.7 Å². The summed E-state index contributed by atoms with van der Waals surface area (Å²) < 4.78 is 44.9. The molecule has 5 N–H and O–H groups in total. The number of primary amides is 1. The van der Waals surface area contributed by atoms with Gasteiger partial charge in [0.15, 0.2) is 0 Å². The molecule has 1 aliphatic carbocycles. The van der Waals surface area contributed by atoms with Gasteiger partial charge in [0.2, 0.25) is 5.95 Å². The Morgan fingerprint density at radius 1 is 1.08 bits per heavy atom. The number of hydrogen-bond acceptors (Lipinski definition) is 7. The number of carbonyl (C=O) groups is 1. The minimum atomic E-state index is -4.09. The summed E-state index contributed by atoms with van der Waals surface area (Å²) in [5.74, 6) is -0.336. The zero-order valence-electron chi connectivity index (χ0n) is 19.6. The first-order chi connectivity index (χ1) is 17.8. The summed E-state index contributed by atoms with van der Waals surface area (Å²) in [6.07, 6.45) is 4.62. The highest BCUT2D eigenvalue weighted by atomic mass is 32.2. The molecular weight excluding hydrogens is 499 g/mol. The van der Waals surface area contributed by atoms with Crippen LogP contribution in [-0.4, -0.2) is 30.5 Å². The van der Waals surface area contributed by atoms with Crippen molar-refractivity contribution in [3.63, 3.8) is 0 Å². The fourth-order valence-corrected chi connectivity index (χ4v) is 5.22. The van der Waals surface area contributed by atoms with Gasteiger partial charge in [-0.15, -0.1) is 0 Å². The van der Waals surface area contributed by atoms with Crippen LogP contribution >= 0.6 is 0 Å². The van der Waals surface area contributed by atoms with Crippen LogP contribution in [0.3, 0.4) is 0 Å². The van der Waals surface area contributed by atoms with Crippen LogP contribution in [0, 0.1) is 5.82 Å². The van der Waals surface area contributed by atoms with Gasteiger partial charge >= 0.3 is 16.1 Å². The van der Waals surface area contributed by atoms with Crippen LogP contribution in [0.5, 0.6) is 5.75 Å². The van der Waals surface area contributed by atoms with Gasteiger partial charge in [0.05, 0.1) is 16.7 Å². The summed E-state index contributed by atoms with van der Waals surface area (Å²) in [5.41, 5.74) is 9.67. The molecule has 10 nitrogen and oxygen atoms in total. The first-order valence-electron chi connectivity index (χ1n) is 11.7. The van der Waals surface area contributed by atoms with Crippen molar-refractivity contribution in [2.75, 3.05) is 10.3 Å². The van der Waals surface area contributed by atoms with Crippen LogP contribution in [0.1, 0.15) is 25.7 Å². The van der Waals surface area contributed by atoms with Gasteiger partial charge in [-0.3, -0.25) is 0 Å². The molecule has 4 aromatic rings. The molecule has 1 fully saturated rings. The van der Waals surface area contributed by atoms with Crippen LogP contribution in [0.15, 0.2) is 71.6 Å². The molecule has 1 saturated carbocycles. The molecule has 0 unspecified atom stereocenters. The van der Waals surface area contributed by atoms with Crippen molar-refractivity contribution in [2.24, 2.45) is 5.73 Å². The maximum atomic E-state index is 13.8. The van der Waals surface area contributed by atoms with E-state index in [9.17, 15) is 17.6 Å². The number of hydrogen-bond donors (Lipinski definition) is 4. The first-order valence-corrected chi connectivity index (χ1v) is 13.1. The number of rotatable bonds is 8. The molecular formula is C25H25FN6O4S. The van der Waals surface area contributed by atoms with Crippen LogP contribution in [0.25, 0.3) is 11.0 Å². The summed E-state index contributed by atoms with van der Waals surface area (Å²) in [4.78, 5) is 19.0. The summed E-state index contributed by atoms with van der Waals surface area (Å²) in [6, 6.07) is 16.0. The fraction of sp³-hybridized carbons (Fsp3) is 0.200. The second kappa shape index (κ2) is 9.97. The number of H-pyrrole nitrogens is 1. The topological polar surface area (TPSA) is 142 Å². The highest BCUT2D eigenvalue weighted by Crippen LogP contribution is 2.28. The van der Waals surface area contributed by atoms with Crippen molar-refractivity contribution in [2.45, 2.75) is 36.6 Å². The Morgan fingerprint density at radius 3 is 2.54 bits per heavy atom. The Balaban J connectivity index is 1.36. The van der Waals surface area contributed by atoms with Crippen LogP contribution in [-0.2, 0) is 10.1 Å². The van der Waals surface area contributed by atoms with Crippen molar-refractivity contribution in [1.82, 2.24) is 15.4 Å². The molecule has 0 aliphatic heterocycles. The van der Waals surface area contributed by atoms with Crippen molar-refractivity contribution in [3.8, 4) is 5.75 Å². The number of benzene rings is 3. The van der Waals surface area contributed by atoms with E-state index in [0.29, 0.717) is 17.1 Å². The number of aromatic amines is 1. The lowest BCUT2D eigenvalue weighted by molar-refractivity contribution is 0.249. The van der Waals surface area contributed by atoms with Crippen molar-refractivity contribution in [3.05, 3.63) is 72.5 Å². The summed E-state index contributed by atoms with van der Waals surface area (Å²) in [7, 11) is -4.09. The standard InChI is InChI=1S/C25H25FN6O4S/c26-16-4-3-7-19(14-16)32(31-24(27)33)25-29-22-13-10-20(15-23(22)30-25)36-37(34,35)21-11-8-18(9-12-21)28-17-5-1-2-6-17/h3-4,7-15,17,28H,1-2,5-6H2,(H,29,30)(H3,27,31,33). The number of urea groups is 1. The molecule has 2 amide bonds. The number of carbonyl (C=O) groups excluding carboxylic acids is 1. The van der Waals surface area contributed by atoms with Gasteiger partial charge < -0.3 is 20.2 Å². The molecule has 12 heteroatoms. The van der Waals surface area contributed by atoms with E-state index < -0.39 is 22.0 Å². The van der Waals surface area contributed by atoms with Gasteiger partial charge in [-0.2, -0.15) is 8.42 Å². The average Bonchev–Trinajstić information content (AvgIpc) is 3.52. The van der Waals surface area contributed by atoms with Gasteiger partial charge in [0.25, 0.3) is 0 Å². The van der Waals surface area contributed by atoms with E-state index in [4.69, 9.17) is 9.92 Å². The molecule has 0 radical (unpaired) electrons. The molecule has 192 valence electrons. The number of halogens is 1. The first kappa shape index (κ1) is 24.4. The predicted molar refractivity (Wildman–Crippen MR) is 137 cm³/mol. The third-order valence-electron chi connectivity index (χ3n) is 6.02. The average molecular weight is 525 g/mol. The molecule has 1 aromatic heterocycles. The Bertz CT molecular complexity index is 1530. The van der Waals surface area contributed by atoms with Crippen LogP contribution in [0.4, 0.5) is 26.5 Å². The Kier molecular flexibility index (Phi) is 6.57. The van der Waals surface area contributed by atoms with Crippen molar-refractivity contribution in [1.29, 1.82) is 0 Å². The summed E-state index contributed by atoms with van der Waals surface area (Å²) in [5, 5.41) is 4.61. The third kappa shape index (κ3) is 5.59. The highest BCUT2D eigenvalue weighted by Gasteiger charge is 2.20. The van der Waals surface area contributed by atoms with Gasteiger partial charge in [-0.05, 0) is 67.4 Å². The SMILES string of the molecule is NC(=O)NN(c1cccc(F)c1)c1nc2cc(OS(=O)(=O)c3ccc(NC4CCCC4)cc3)ccc2[nH]1. The number of amides is 2. The number of imidazole rings is 1. The van der Waals surface area contributed by atoms with Crippen molar-refractivity contribution >= 4 is 44.5 Å². The molecule has 37 heavy (non-hydrogen) atoms. The molecule has 0 atom stereocenters. The number of aromatic nitrogens is 2. The number of nitrogens with one attached hydrogen (secondary N) is 3. The summed E-state index contributed by atoms with van der Waals surface area (Å²) >= 11 is 0. The second-order valence-electron chi connectivity index (χ2n) is 8.72. The quantitative estimate of drug-likeness (QED) is 0.196. The van der Waals surface area contributed by atoms with Crippen LogP contribution in [0.2, 0.25) is 0 Å². The molecule has 1 heterocycles. The van der Waals surface area contributed by atoms with Crippen molar-refractivity contribution < 1.29 is 21.8 Å². The number of nitrogens with zero attached hydrogens (tertiary/aromatic N) is 2. The van der Waals surface area contributed by atoms with Gasteiger partial charge in [-0.25, -0.2) is 24.6 Å². The lowest BCUT2D eigenvalue weighted by Crippen LogP contribution is -2.42. The number of fused-ring (bicyclic) bond motifs is 1. The van der Waals surface area contributed by atoms with Gasteiger partial charge in [0.1, 0.15) is 16.5 Å². The molecule has 3 aromatic carbocycles. The molecule has 0 bridgehead atoms. The maximum absolute atomic E-state index is 13.8. The minimum absolute atomic E-state index is 0.0234. The van der Waals surface area contributed by atoms with Gasteiger partial charge in [0, 0.05) is 17.8 Å². The Labute approximate surface area is 212 Å². The lowest BCUT2D eigenvalue weighted by Gasteiger charge is -2.21. The second-order valence-corrected chi connectivity index (χ2v) is 10.3. The molecule has 1 aliphatic rings. The Morgan fingerprint density at radius 2 is 1.84 bits per heavy atom. The number of nitrogens with two attached hydrogens (primary N) is 1. The predicted octanol–water partition coefficient (Wildman–Crippen LogP) is 4.55. The number of hydrazine groups is 1. The van der Waals surface area contributed by atoms with Gasteiger partial charge in [-0.1, -0.05) is 18.9 Å². The largest absolute Gasteiger partial charge is 0.382 e. The fourth-order valence-electron chi connectivity index (χ4n) is 4.29. The highest BCUT2D eigenvalue weighted by molar-refractivity contribution is 7.87. The lowest BCUT2D eigenvalue weighted by atomic mass is 10.2. The van der Waals surface area contributed by atoms with E-state index >= 15 is 0 Å². The molecule has 5 rings (SSSR count). The zero-order chi connectivity index (χ0) is 26.0. The van der Waals surface area contributed by atoms with E-state index in [1.807, 2.05) is 0 Å². The zero-order valence-corrected chi connectivity index (χ0v) is 20.5. The monoisotopic (exact) mass is 524 g/mol. The maximum Gasteiger partial charge on any atom is 0.339 e. The normalized spacial score (nSPS) is 14.0. The minimum Gasteiger partial charge on any atom is -0.382 e. The molecule has 0 spiro atoms. The van der Waals surface area contributed by atoms with Crippen LogP contribution < -0.4 is 25.7 Å². The summed E-state index contributed by atoms with van der Waals surface area (Å²) in [6.45, 7) is 0. The smallest absolute Gasteiger partial charge is 0.339 e. The number of anilines is 3. The molecule has 0 saturated heterocycles. The third-order valence-corrected chi connectivity index (χ3v) is 7.28. The van der Waals surface area contributed by atoms with E-state index in [-0.39, 0.29) is 22.3 Å².